The van der Waals surface area contributed by atoms with E-state index >= 15 is 8.78 Å². The van der Waals surface area contributed by atoms with Crippen molar-refractivity contribution in [1.82, 2.24) is 9.62 Å². The molecule has 1 saturated carbocycles. The second-order valence-corrected chi connectivity index (χ2v) is 11.2. The summed E-state index contributed by atoms with van der Waals surface area (Å²) in [4.78, 5) is 1.56. The van der Waals surface area contributed by atoms with Crippen LogP contribution in [-0.2, 0) is 16.4 Å². The highest BCUT2D eigenvalue weighted by Gasteiger charge is 2.63. The van der Waals surface area contributed by atoms with Gasteiger partial charge >= 0.3 is 0 Å². The SMILES string of the molecule is CCS(=O)(=O)N[C@@H]1[C@H](Cc2cccc(-c3ccccc3)c2F)N(C(O)[C@@H](C)O)C2CC1(F)C2. The zero-order valence-corrected chi connectivity index (χ0v) is 19.5. The van der Waals surface area contributed by atoms with Gasteiger partial charge in [-0.1, -0.05) is 48.5 Å². The largest absolute Gasteiger partial charge is 0.389 e. The first-order valence-electron chi connectivity index (χ1n) is 11.2. The molecule has 6 nitrogen and oxygen atoms in total. The number of aliphatic hydroxyl groups excluding tert-OH is 2. The molecule has 0 amide bonds. The van der Waals surface area contributed by atoms with Crippen molar-refractivity contribution in [2.45, 2.75) is 69.2 Å². The highest BCUT2D eigenvalue weighted by atomic mass is 32.2. The Morgan fingerprint density at radius 3 is 2.42 bits per heavy atom. The lowest BCUT2D eigenvalue weighted by atomic mass is 9.64. The van der Waals surface area contributed by atoms with Gasteiger partial charge in [0.1, 0.15) is 17.7 Å². The van der Waals surface area contributed by atoms with Crippen LogP contribution in [0.5, 0.6) is 0 Å². The van der Waals surface area contributed by atoms with Crippen molar-refractivity contribution >= 4 is 10.0 Å². The Labute approximate surface area is 193 Å². The Morgan fingerprint density at radius 2 is 1.82 bits per heavy atom. The van der Waals surface area contributed by atoms with Gasteiger partial charge in [-0.05, 0) is 44.2 Å². The summed E-state index contributed by atoms with van der Waals surface area (Å²) in [5, 5.41) is 20.8. The highest BCUT2D eigenvalue weighted by molar-refractivity contribution is 7.89. The molecule has 0 spiro atoms. The monoisotopic (exact) mass is 480 g/mol. The molecular formula is C24H30F2N2O4S. The van der Waals surface area contributed by atoms with Crippen molar-refractivity contribution in [3.63, 3.8) is 0 Å². The fourth-order valence-electron chi connectivity index (χ4n) is 5.12. The number of nitrogens with one attached hydrogen (secondary N) is 1. The van der Waals surface area contributed by atoms with E-state index in [1.807, 2.05) is 6.07 Å². The fourth-order valence-corrected chi connectivity index (χ4v) is 6.05. The maximum Gasteiger partial charge on any atom is 0.211 e. The van der Waals surface area contributed by atoms with Crippen molar-refractivity contribution in [3.8, 4) is 11.1 Å². The summed E-state index contributed by atoms with van der Waals surface area (Å²) in [5.74, 6) is -0.702. The van der Waals surface area contributed by atoms with Crippen LogP contribution in [0, 0.1) is 5.82 Å². The van der Waals surface area contributed by atoms with Crippen molar-refractivity contribution < 1.29 is 27.4 Å². The van der Waals surface area contributed by atoms with E-state index < -0.39 is 45.9 Å². The summed E-state index contributed by atoms with van der Waals surface area (Å²) in [5.41, 5.74) is -0.429. The number of sulfonamides is 1. The summed E-state index contributed by atoms with van der Waals surface area (Å²) in [7, 11) is -3.78. The molecule has 3 fully saturated rings. The third kappa shape index (κ3) is 4.57. The Hall–Kier alpha value is -1.91. The standard InChI is InChI=1S/C24H30F2N2O4S/c1-3-33(31,32)27-22-20(28(23(30)15(2)29)18-13-24(22,26)14-18)12-17-10-7-11-19(21(17)25)16-8-5-4-6-9-16/h4-11,15,18,20,22-23,27,29-30H,3,12-14H2,1-2H3/t15-,18?,20+,22-,23?,24?/m1/s1. The van der Waals surface area contributed by atoms with Gasteiger partial charge < -0.3 is 10.2 Å². The van der Waals surface area contributed by atoms with E-state index in [1.165, 1.54) is 13.8 Å². The first-order chi connectivity index (χ1) is 15.6. The summed E-state index contributed by atoms with van der Waals surface area (Å²) >= 11 is 0. The minimum Gasteiger partial charge on any atom is -0.389 e. The van der Waals surface area contributed by atoms with Gasteiger partial charge in [-0.15, -0.1) is 0 Å². The Bertz CT molecular complexity index is 1090. The maximum atomic E-state index is 15.7. The number of benzene rings is 2. The number of fused-ring (bicyclic) bond motifs is 2. The molecule has 2 heterocycles. The number of rotatable bonds is 8. The molecule has 180 valence electrons. The van der Waals surface area contributed by atoms with Crippen LogP contribution in [0.4, 0.5) is 8.78 Å². The first-order valence-corrected chi connectivity index (χ1v) is 12.9. The molecule has 2 saturated heterocycles. The van der Waals surface area contributed by atoms with Crippen LogP contribution in [0.25, 0.3) is 11.1 Å². The number of aliphatic hydroxyl groups is 2. The van der Waals surface area contributed by atoms with Gasteiger partial charge in [0.15, 0.2) is 0 Å². The molecule has 9 heteroatoms. The normalized spacial score (nSPS) is 29.3. The highest BCUT2D eigenvalue weighted by Crippen LogP contribution is 2.51. The molecule has 3 aliphatic rings. The van der Waals surface area contributed by atoms with Gasteiger partial charge in [-0.3, -0.25) is 4.90 Å². The van der Waals surface area contributed by atoms with Crippen LogP contribution in [0.1, 0.15) is 32.3 Å². The zero-order valence-electron chi connectivity index (χ0n) is 18.7. The lowest BCUT2D eigenvalue weighted by Crippen LogP contribution is -2.78. The smallest absolute Gasteiger partial charge is 0.211 e. The molecule has 2 aromatic rings. The van der Waals surface area contributed by atoms with E-state index in [9.17, 15) is 18.6 Å². The van der Waals surface area contributed by atoms with E-state index in [0.717, 1.165) is 0 Å². The van der Waals surface area contributed by atoms with E-state index in [0.29, 0.717) is 11.1 Å². The minimum atomic E-state index is -3.78. The van der Waals surface area contributed by atoms with Crippen LogP contribution in [-0.4, -0.2) is 65.4 Å². The van der Waals surface area contributed by atoms with Crippen LogP contribution in [0.2, 0.25) is 0 Å². The summed E-state index contributed by atoms with van der Waals surface area (Å²) in [6, 6.07) is 11.5. The van der Waals surface area contributed by atoms with Crippen LogP contribution >= 0.6 is 0 Å². The Balaban J connectivity index is 1.74. The average molecular weight is 481 g/mol. The van der Waals surface area contributed by atoms with Gasteiger partial charge in [-0.2, -0.15) is 0 Å². The van der Waals surface area contributed by atoms with E-state index in [4.69, 9.17) is 0 Å². The van der Waals surface area contributed by atoms with E-state index in [-0.39, 0.29) is 36.6 Å². The molecule has 2 aromatic carbocycles. The van der Waals surface area contributed by atoms with Gasteiger partial charge in [-0.25, -0.2) is 21.9 Å². The van der Waals surface area contributed by atoms with Gasteiger partial charge in [0, 0.05) is 17.6 Å². The summed E-state index contributed by atoms with van der Waals surface area (Å²) in [6.45, 7) is 2.87. The molecule has 0 radical (unpaired) electrons. The quantitative estimate of drug-likeness (QED) is 0.541. The zero-order chi connectivity index (χ0) is 24.0. The maximum absolute atomic E-state index is 15.7. The summed E-state index contributed by atoms with van der Waals surface area (Å²) in [6.07, 6.45) is -2.44. The molecule has 2 bridgehead atoms. The van der Waals surface area contributed by atoms with Crippen molar-refractivity contribution in [1.29, 1.82) is 0 Å². The van der Waals surface area contributed by atoms with Crippen LogP contribution < -0.4 is 4.72 Å². The predicted octanol–water partition coefficient (Wildman–Crippen LogP) is 2.60. The lowest BCUT2D eigenvalue weighted by molar-refractivity contribution is -0.208. The van der Waals surface area contributed by atoms with Gasteiger partial charge in [0.2, 0.25) is 10.0 Å². The lowest BCUT2D eigenvalue weighted by Gasteiger charge is -2.62. The number of hydrogen-bond donors (Lipinski definition) is 3. The van der Waals surface area contributed by atoms with E-state index in [2.05, 4.69) is 4.72 Å². The molecule has 2 aliphatic heterocycles. The van der Waals surface area contributed by atoms with Crippen molar-refractivity contribution in [2.24, 2.45) is 0 Å². The van der Waals surface area contributed by atoms with Crippen molar-refractivity contribution in [2.75, 3.05) is 5.75 Å². The first kappa shape index (κ1) is 24.2. The predicted molar refractivity (Wildman–Crippen MR) is 122 cm³/mol. The van der Waals surface area contributed by atoms with Crippen LogP contribution in [0.15, 0.2) is 48.5 Å². The minimum absolute atomic E-state index is 0.0324. The van der Waals surface area contributed by atoms with Crippen molar-refractivity contribution in [3.05, 3.63) is 59.9 Å². The number of nitrogens with zero attached hydrogens (tertiary/aromatic N) is 1. The molecule has 1 unspecified atom stereocenters. The van der Waals surface area contributed by atoms with E-state index in [1.54, 1.807) is 47.4 Å². The molecule has 1 aliphatic carbocycles. The molecule has 3 N–H and O–H groups in total. The Morgan fingerprint density at radius 1 is 1.15 bits per heavy atom. The second kappa shape index (κ2) is 9.03. The number of hydrogen-bond acceptors (Lipinski definition) is 5. The molecule has 33 heavy (non-hydrogen) atoms. The average Bonchev–Trinajstić information content (AvgIpc) is 2.76. The third-order valence-electron chi connectivity index (χ3n) is 6.91. The molecule has 0 aromatic heterocycles. The van der Waals surface area contributed by atoms with Crippen LogP contribution in [0.3, 0.4) is 0 Å². The number of alkyl halides is 1. The molecular weight excluding hydrogens is 450 g/mol. The summed E-state index contributed by atoms with van der Waals surface area (Å²) < 4.78 is 58.6. The topological polar surface area (TPSA) is 89.9 Å². The molecule has 4 atom stereocenters. The second-order valence-electron chi connectivity index (χ2n) is 9.11. The molecule has 5 rings (SSSR count). The third-order valence-corrected chi connectivity index (χ3v) is 8.29. The fraction of sp³-hybridized carbons (Fsp3) is 0.500. The Kier molecular flexibility index (Phi) is 6.63. The number of halogens is 2. The number of piperidine rings is 2. The van der Waals surface area contributed by atoms with Gasteiger partial charge in [0.25, 0.3) is 0 Å². The van der Waals surface area contributed by atoms with Gasteiger partial charge in [0.05, 0.1) is 17.9 Å².